The molecular weight excluding hydrogens is 266 g/mol. The number of ketones is 1. The highest BCUT2D eigenvalue weighted by atomic mass is 32.1. The second kappa shape index (κ2) is 5.51. The molecule has 3 heteroatoms. The zero-order valence-corrected chi connectivity index (χ0v) is 12.8. The van der Waals surface area contributed by atoms with Gasteiger partial charge in [-0.05, 0) is 42.8 Å². The zero-order valence-electron chi connectivity index (χ0n) is 12.0. The standard InChI is InChI=1S/C17H19NOS/c1-12-3-4-15(13(2)9-12)16(19)11-18-7-5-17-14(10-18)6-8-20-17/h3-4,6,8-9H,5,7,10-11H2,1-2H3. The van der Waals surface area contributed by atoms with E-state index in [1.807, 2.05) is 30.4 Å². The van der Waals surface area contributed by atoms with Gasteiger partial charge in [0, 0.05) is 23.5 Å². The van der Waals surface area contributed by atoms with Crippen molar-refractivity contribution in [3.63, 3.8) is 0 Å². The summed E-state index contributed by atoms with van der Waals surface area (Å²) in [7, 11) is 0. The minimum Gasteiger partial charge on any atom is -0.293 e. The molecule has 0 radical (unpaired) electrons. The van der Waals surface area contributed by atoms with Crippen LogP contribution >= 0.6 is 11.3 Å². The Kier molecular flexibility index (Phi) is 3.72. The van der Waals surface area contributed by atoms with E-state index in [9.17, 15) is 4.79 Å². The van der Waals surface area contributed by atoms with Gasteiger partial charge in [-0.2, -0.15) is 0 Å². The number of aryl methyl sites for hydroxylation is 2. The molecule has 104 valence electrons. The summed E-state index contributed by atoms with van der Waals surface area (Å²) in [5, 5.41) is 2.15. The van der Waals surface area contributed by atoms with E-state index in [0.717, 1.165) is 30.6 Å². The van der Waals surface area contributed by atoms with Crippen LogP contribution in [0.3, 0.4) is 0 Å². The van der Waals surface area contributed by atoms with Crippen molar-refractivity contribution in [2.24, 2.45) is 0 Å². The molecule has 0 amide bonds. The Balaban J connectivity index is 1.71. The van der Waals surface area contributed by atoms with Crippen LogP contribution in [0.4, 0.5) is 0 Å². The molecule has 1 aliphatic heterocycles. The van der Waals surface area contributed by atoms with Crippen molar-refractivity contribution in [3.8, 4) is 0 Å². The number of carbonyl (C=O) groups is 1. The van der Waals surface area contributed by atoms with Gasteiger partial charge in [0.15, 0.2) is 5.78 Å². The fourth-order valence-electron chi connectivity index (χ4n) is 2.86. The molecule has 2 nitrogen and oxygen atoms in total. The van der Waals surface area contributed by atoms with E-state index in [0.29, 0.717) is 6.54 Å². The van der Waals surface area contributed by atoms with Gasteiger partial charge in [-0.1, -0.05) is 23.8 Å². The quantitative estimate of drug-likeness (QED) is 0.803. The average molecular weight is 285 g/mol. The van der Waals surface area contributed by atoms with Crippen molar-refractivity contribution in [2.45, 2.75) is 26.8 Å². The molecule has 0 unspecified atom stereocenters. The third kappa shape index (κ3) is 2.69. The lowest BCUT2D eigenvalue weighted by molar-refractivity contribution is 0.0921. The van der Waals surface area contributed by atoms with Crippen LogP contribution in [0.15, 0.2) is 29.6 Å². The summed E-state index contributed by atoms with van der Waals surface area (Å²) in [5.74, 6) is 0.237. The van der Waals surface area contributed by atoms with Crippen molar-refractivity contribution in [1.82, 2.24) is 4.90 Å². The van der Waals surface area contributed by atoms with Crippen LogP contribution in [0.1, 0.15) is 31.9 Å². The third-order valence-corrected chi connectivity index (χ3v) is 4.96. The summed E-state index contributed by atoms with van der Waals surface area (Å²) >= 11 is 1.84. The fraction of sp³-hybridized carbons (Fsp3) is 0.353. The van der Waals surface area contributed by atoms with E-state index < -0.39 is 0 Å². The van der Waals surface area contributed by atoms with Gasteiger partial charge in [-0.25, -0.2) is 0 Å². The Bertz CT molecular complexity index is 644. The SMILES string of the molecule is Cc1ccc(C(=O)CN2CCc3sccc3C2)c(C)c1. The maximum Gasteiger partial charge on any atom is 0.177 e. The van der Waals surface area contributed by atoms with Gasteiger partial charge in [-0.3, -0.25) is 9.69 Å². The van der Waals surface area contributed by atoms with E-state index in [1.165, 1.54) is 16.0 Å². The second-order valence-electron chi connectivity index (χ2n) is 5.57. The van der Waals surface area contributed by atoms with Crippen LogP contribution < -0.4 is 0 Å². The molecule has 0 aliphatic carbocycles. The normalized spacial score (nSPS) is 15.1. The number of benzene rings is 1. The summed E-state index contributed by atoms with van der Waals surface area (Å²) in [6, 6.07) is 8.26. The molecule has 0 N–H and O–H groups in total. The summed E-state index contributed by atoms with van der Waals surface area (Å²) in [5.41, 5.74) is 4.56. The molecule has 0 fully saturated rings. The summed E-state index contributed by atoms with van der Waals surface area (Å²) in [6.07, 6.45) is 1.08. The fourth-order valence-corrected chi connectivity index (χ4v) is 3.75. The monoisotopic (exact) mass is 285 g/mol. The number of hydrogen-bond acceptors (Lipinski definition) is 3. The summed E-state index contributed by atoms with van der Waals surface area (Å²) < 4.78 is 0. The molecule has 1 aromatic carbocycles. The number of thiophene rings is 1. The Morgan fingerprint density at radius 2 is 2.15 bits per heavy atom. The summed E-state index contributed by atoms with van der Waals surface area (Å²) in [4.78, 5) is 16.2. The van der Waals surface area contributed by atoms with Gasteiger partial charge in [0.05, 0.1) is 6.54 Å². The number of carbonyl (C=O) groups excluding carboxylic acids is 1. The molecule has 2 heterocycles. The smallest absolute Gasteiger partial charge is 0.177 e. The molecule has 0 saturated carbocycles. The largest absolute Gasteiger partial charge is 0.293 e. The van der Waals surface area contributed by atoms with Gasteiger partial charge in [0.1, 0.15) is 0 Å². The summed E-state index contributed by atoms with van der Waals surface area (Å²) in [6.45, 7) is 6.51. The van der Waals surface area contributed by atoms with E-state index >= 15 is 0 Å². The lowest BCUT2D eigenvalue weighted by Crippen LogP contribution is -2.34. The lowest BCUT2D eigenvalue weighted by atomic mass is 10.0. The molecule has 2 aromatic rings. The first-order chi connectivity index (χ1) is 9.63. The molecule has 0 saturated heterocycles. The van der Waals surface area contributed by atoms with Gasteiger partial charge in [0.2, 0.25) is 0 Å². The first-order valence-electron chi connectivity index (χ1n) is 7.01. The molecule has 1 aliphatic rings. The zero-order chi connectivity index (χ0) is 14.1. The molecule has 3 rings (SSSR count). The number of rotatable bonds is 3. The Morgan fingerprint density at radius 3 is 2.95 bits per heavy atom. The van der Waals surface area contributed by atoms with E-state index in [2.05, 4.69) is 29.3 Å². The number of Topliss-reactive ketones (excluding diaryl/α,β-unsaturated/α-hetero) is 1. The molecule has 20 heavy (non-hydrogen) atoms. The minimum absolute atomic E-state index is 0.237. The van der Waals surface area contributed by atoms with Gasteiger partial charge in [-0.15, -0.1) is 11.3 Å². The van der Waals surface area contributed by atoms with Crippen LogP contribution in [-0.2, 0) is 13.0 Å². The van der Waals surface area contributed by atoms with Crippen LogP contribution in [-0.4, -0.2) is 23.8 Å². The minimum atomic E-state index is 0.237. The van der Waals surface area contributed by atoms with Crippen LogP contribution in [0.5, 0.6) is 0 Å². The topological polar surface area (TPSA) is 20.3 Å². The Hall–Kier alpha value is -1.45. The van der Waals surface area contributed by atoms with Crippen molar-refractivity contribution in [2.75, 3.05) is 13.1 Å². The molecule has 1 aromatic heterocycles. The van der Waals surface area contributed by atoms with Crippen molar-refractivity contribution in [3.05, 3.63) is 56.8 Å². The Labute approximate surface area is 124 Å². The van der Waals surface area contributed by atoms with E-state index in [1.54, 1.807) is 0 Å². The number of hydrogen-bond donors (Lipinski definition) is 0. The van der Waals surface area contributed by atoms with Crippen molar-refractivity contribution >= 4 is 17.1 Å². The first-order valence-corrected chi connectivity index (χ1v) is 7.89. The maximum absolute atomic E-state index is 12.5. The molecule has 0 bridgehead atoms. The molecular formula is C17H19NOS. The first kappa shape index (κ1) is 13.5. The average Bonchev–Trinajstić information content (AvgIpc) is 2.85. The second-order valence-corrected chi connectivity index (χ2v) is 6.57. The highest BCUT2D eigenvalue weighted by molar-refractivity contribution is 7.10. The van der Waals surface area contributed by atoms with Crippen LogP contribution in [0, 0.1) is 13.8 Å². The molecule has 0 spiro atoms. The third-order valence-electron chi connectivity index (χ3n) is 3.94. The van der Waals surface area contributed by atoms with Crippen molar-refractivity contribution in [1.29, 1.82) is 0 Å². The maximum atomic E-state index is 12.5. The molecule has 0 atom stereocenters. The Morgan fingerprint density at radius 1 is 1.30 bits per heavy atom. The van der Waals surface area contributed by atoms with E-state index in [4.69, 9.17) is 0 Å². The number of nitrogens with zero attached hydrogens (tertiary/aromatic N) is 1. The van der Waals surface area contributed by atoms with Crippen LogP contribution in [0.2, 0.25) is 0 Å². The number of fused-ring (bicyclic) bond motifs is 1. The van der Waals surface area contributed by atoms with Gasteiger partial charge >= 0.3 is 0 Å². The predicted octanol–water partition coefficient (Wildman–Crippen LogP) is 3.61. The lowest BCUT2D eigenvalue weighted by Gasteiger charge is -2.26. The van der Waals surface area contributed by atoms with Crippen LogP contribution in [0.25, 0.3) is 0 Å². The predicted molar refractivity (Wildman–Crippen MR) is 83.5 cm³/mol. The van der Waals surface area contributed by atoms with Gasteiger partial charge < -0.3 is 0 Å². The van der Waals surface area contributed by atoms with Gasteiger partial charge in [0.25, 0.3) is 0 Å². The van der Waals surface area contributed by atoms with Crippen molar-refractivity contribution < 1.29 is 4.79 Å². The highest BCUT2D eigenvalue weighted by Gasteiger charge is 2.20. The van der Waals surface area contributed by atoms with E-state index in [-0.39, 0.29) is 5.78 Å². The highest BCUT2D eigenvalue weighted by Crippen LogP contribution is 2.24.